The number of nitrogens with zero attached hydrogens (tertiary/aromatic N) is 2. The molecule has 0 saturated heterocycles. The predicted octanol–water partition coefficient (Wildman–Crippen LogP) is 6.73. The number of benzene rings is 3. The molecule has 5 nitrogen and oxygen atoms in total. The smallest absolute Gasteiger partial charge is 0.335 e. The van der Waals surface area contributed by atoms with Crippen LogP contribution in [0.3, 0.4) is 0 Å². The summed E-state index contributed by atoms with van der Waals surface area (Å²) < 4.78 is 8.28. The molecule has 0 bridgehead atoms. The number of carboxylic acid groups (broad SMARTS) is 1. The molecule has 0 amide bonds. The Hall–Kier alpha value is -3.60. The fourth-order valence-electron chi connectivity index (χ4n) is 4.75. The fraction of sp³-hybridized carbons (Fsp3) is 0.286. The van der Waals surface area contributed by atoms with Crippen molar-refractivity contribution < 1.29 is 14.6 Å². The molecule has 5 heteroatoms. The van der Waals surface area contributed by atoms with E-state index in [4.69, 9.17) is 9.72 Å². The van der Waals surface area contributed by atoms with Gasteiger partial charge in [0.25, 0.3) is 0 Å². The highest BCUT2D eigenvalue weighted by atomic mass is 16.5. The van der Waals surface area contributed by atoms with E-state index < -0.39 is 5.97 Å². The summed E-state index contributed by atoms with van der Waals surface area (Å²) >= 11 is 0. The largest absolute Gasteiger partial charge is 0.489 e. The molecule has 1 heterocycles. The predicted molar refractivity (Wildman–Crippen MR) is 130 cm³/mol. The molecule has 4 aromatic rings. The molecular weight excluding hydrogens is 412 g/mol. The molecular formula is C28H28N2O3. The highest BCUT2D eigenvalue weighted by Crippen LogP contribution is 2.38. The van der Waals surface area contributed by atoms with Gasteiger partial charge in [-0.05, 0) is 79.6 Å². The van der Waals surface area contributed by atoms with Gasteiger partial charge in [0.1, 0.15) is 18.2 Å². The molecule has 0 radical (unpaired) electrons. The van der Waals surface area contributed by atoms with Crippen molar-refractivity contribution in [3.05, 3.63) is 83.9 Å². The monoisotopic (exact) mass is 440 g/mol. The van der Waals surface area contributed by atoms with Gasteiger partial charge in [0.15, 0.2) is 0 Å². The van der Waals surface area contributed by atoms with Gasteiger partial charge in [-0.3, -0.25) is 0 Å². The summed E-state index contributed by atoms with van der Waals surface area (Å²) in [5.74, 6) is 1.52. The summed E-state index contributed by atoms with van der Waals surface area (Å²) in [6, 6.07) is 23.8. The lowest BCUT2D eigenvalue weighted by Crippen LogP contribution is -2.17. The number of imidazole rings is 1. The molecule has 0 atom stereocenters. The van der Waals surface area contributed by atoms with Crippen LogP contribution in [-0.4, -0.2) is 20.6 Å². The zero-order valence-corrected chi connectivity index (χ0v) is 18.8. The van der Waals surface area contributed by atoms with Crippen molar-refractivity contribution >= 4 is 17.0 Å². The minimum absolute atomic E-state index is 0.264. The van der Waals surface area contributed by atoms with Gasteiger partial charge < -0.3 is 14.4 Å². The molecule has 5 rings (SSSR count). The maximum atomic E-state index is 11.5. The average molecular weight is 441 g/mol. The van der Waals surface area contributed by atoms with E-state index in [0.717, 1.165) is 52.5 Å². The number of hydrogen-bond acceptors (Lipinski definition) is 3. The minimum Gasteiger partial charge on any atom is -0.489 e. The molecule has 1 fully saturated rings. The molecule has 1 aliphatic rings. The molecule has 1 saturated carbocycles. The molecule has 168 valence electrons. The number of rotatable bonds is 6. The Labute approximate surface area is 193 Å². The molecule has 33 heavy (non-hydrogen) atoms. The number of carbonyl (C=O) groups is 1. The molecule has 3 aromatic carbocycles. The van der Waals surface area contributed by atoms with Gasteiger partial charge in [0.05, 0.1) is 16.6 Å². The van der Waals surface area contributed by atoms with Gasteiger partial charge in [0, 0.05) is 11.6 Å². The maximum Gasteiger partial charge on any atom is 0.335 e. The van der Waals surface area contributed by atoms with Gasteiger partial charge >= 0.3 is 5.97 Å². The SMILES string of the molecule is CC1CCC(n2c(-c3ccc(OCc4ccccc4)cc3)nc3cc(C(=O)O)ccc32)CC1. The third kappa shape index (κ3) is 4.49. The number of aromatic carboxylic acids is 1. The third-order valence-corrected chi connectivity index (χ3v) is 6.65. The van der Waals surface area contributed by atoms with Crippen molar-refractivity contribution in [1.29, 1.82) is 0 Å². The van der Waals surface area contributed by atoms with Gasteiger partial charge in [0.2, 0.25) is 0 Å². The molecule has 1 N–H and O–H groups in total. The van der Waals surface area contributed by atoms with Crippen molar-refractivity contribution in [1.82, 2.24) is 9.55 Å². The van der Waals surface area contributed by atoms with Gasteiger partial charge in [-0.1, -0.05) is 37.3 Å². The Balaban J connectivity index is 1.48. The first-order valence-corrected chi connectivity index (χ1v) is 11.6. The standard InChI is InChI=1S/C28H28N2O3/c1-19-7-12-23(13-8-19)30-26-16-11-22(28(31)32)17-25(26)29-27(30)21-9-14-24(15-10-21)33-18-20-5-3-2-4-6-20/h2-6,9-11,14-17,19,23H,7-8,12-13,18H2,1H3,(H,31,32). The number of fused-ring (bicyclic) bond motifs is 1. The second kappa shape index (κ2) is 9.10. The highest BCUT2D eigenvalue weighted by molar-refractivity contribution is 5.93. The summed E-state index contributed by atoms with van der Waals surface area (Å²) in [4.78, 5) is 16.4. The van der Waals surface area contributed by atoms with Crippen LogP contribution in [0.5, 0.6) is 5.75 Å². The van der Waals surface area contributed by atoms with E-state index in [-0.39, 0.29) is 5.56 Å². The van der Waals surface area contributed by atoms with E-state index >= 15 is 0 Å². The fourth-order valence-corrected chi connectivity index (χ4v) is 4.75. The summed E-state index contributed by atoms with van der Waals surface area (Å²) in [5, 5.41) is 9.43. The van der Waals surface area contributed by atoms with Crippen LogP contribution in [0, 0.1) is 5.92 Å². The molecule has 1 aliphatic carbocycles. The second-order valence-electron chi connectivity index (χ2n) is 9.03. The average Bonchev–Trinajstić information content (AvgIpc) is 3.23. The Morgan fingerprint density at radius 1 is 1.00 bits per heavy atom. The zero-order chi connectivity index (χ0) is 22.8. The van der Waals surface area contributed by atoms with Crippen molar-refractivity contribution in [3.63, 3.8) is 0 Å². The summed E-state index contributed by atoms with van der Waals surface area (Å²) in [6.07, 6.45) is 4.61. The Kier molecular flexibility index (Phi) is 5.86. The third-order valence-electron chi connectivity index (χ3n) is 6.65. The zero-order valence-electron chi connectivity index (χ0n) is 18.8. The van der Waals surface area contributed by atoms with Crippen LogP contribution < -0.4 is 4.74 Å². The topological polar surface area (TPSA) is 64.4 Å². The second-order valence-corrected chi connectivity index (χ2v) is 9.03. The summed E-state index contributed by atoms with van der Waals surface area (Å²) in [5.41, 5.74) is 4.13. The van der Waals surface area contributed by atoms with Crippen LogP contribution in [-0.2, 0) is 6.61 Å². The quantitative estimate of drug-likeness (QED) is 0.361. The van der Waals surface area contributed by atoms with E-state index in [1.807, 2.05) is 60.7 Å². The first kappa shape index (κ1) is 21.3. The van der Waals surface area contributed by atoms with E-state index in [9.17, 15) is 9.90 Å². The Morgan fingerprint density at radius 3 is 2.42 bits per heavy atom. The van der Waals surface area contributed by atoms with Gasteiger partial charge in [-0.2, -0.15) is 0 Å². The number of aromatic nitrogens is 2. The van der Waals surface area contributed by atoms with E-state index in [0.29, 0.717) is 12.6 Å². The molecule has 1 aromatic heterocycles. The summed E-state index contributed by atoms with van der Waals surface area (Å²) in [6.45, 7) is 2.84. The van der Waals surface area contributed by atoms with Crippen molar-refractivity contribution in [2.24, 2.45) is 5.92 Å². The van der Waals surface area contributed by atoms with E-state index in [1.54, 1.807) is 12.1 Å². The van der Waals surface area contributed by atoms with Crippen molar-refractivity contribution in [2.75, 3.05) is 0 Å². The number of carboxylic acids is 1. The number of ether oxygens (including phenoxy) is 1. The summed E-state index contributed by atoms with van der Waals surface area (Å²) in [7, 11) is 0. The van der Waals surface area contributed by atoms with Crippen molar-refractivity contribution in [3.8, 4) is 17.1 Å². The van der Waals surface area contributed by atoms with E-state index in [1.165, 1.54) is 12.8 Å². The van der Waals surface area contributed by atoms with Crippen LogP contribution in [0.15, 0.2) is 72.8 Å². The van der Waals surface area contributed by atoms with Crippen molar-refractivity contribution in [2.45, 2.75) is 45.3 Å². The lowest BCUT2D eigenvalue weighted by molar-refractivity contribution is 0.0697. The van der Waals surface area contributed by atoms with Crippen LogP contribution >= 0.6 is 0 Å². The lowest BCUT2D eigenvalue weighted by Gasteiger charge is -2.29. The van der Waals surface area contributed by atoms with Gasteiger partial charge in [-0.25, -0.2) is 9.78 Å². The Bertz CT molecular complexity index is 1250. The maximum absolute atomic E-state index is 11.5. The van der Waals surface area contributed by atoms with Crippen LogP contribution in [0.2, 0.25) is 0 Å². The molecule has 0 aliphatic heterocycles. The molecule has 0 spiro atoms. The minimum atomic E-state index is -0.931. The normalized spacial score (nSPS) is 18.3. The van der Waals surface area contributed by atoms with Crippen LogP contribution in [0.25, 0.3) is 22.4 Å². The van der Waals surface area contributed by atoms with Crippen LogP contribution in [0.1, 0.15) is 54.6 Å². The highest BCUT2D eigenvalue weighted by Gasteiger charge is 2.25. The molecule has 0 unspecified atom stereocenters. The first-order valence-electron chi connectivity index (χ1n) is 11.6. The number of hydrogen-bond donors (Lipinski definition) is 1. The van der Waals surface area contributed by atoms with Crippen LogP contribution in [0.4, 0.5) is 0 Å². The van der Waals surface area contributed by atoms with E-state index in [2.05, 4.69) is 11.5 Å². The Morgan fingerprint density at radius 2 is 1.73 bits per heavy atom. The lowest BCUT2D eigenvalue weighted by atomic mass is 9.87. The van der Waals surface area contributed by atoms with Gasteiger partial charge in [-0.15, -0.1) is 0 Å². The first-order chi connectivity index (χ1) is 16.1.